The van der Waals surface area contributed by atoms with Gasteiger partial charge in [-0.05, 0) is 17.7 Å². The van der Waals surface area contributed by atoms with E-state index in [1.54, 1.807) is 25.1 Å². The number of methoxy groups -OCH3 is 1. The number of nitrogens with one attached hydrogen (secondary N) is 2. The third-order valence-electron chi connectivity index (χ3n) is 5.11. The molecule has 1 fully saturated rings. The second-order valence-electron chi connectivity index (χ2n) is 6.95. The number of anilines is 1. The molecule has 0 bridgehead atoms. The number of nitrogens with zero attached hydrogens (tertiary/aromatic N) is 2. The summed E-state index contributed by atoms with van der Waals surface area (Å²) in [5.74, 6) is 0.502. The molecule has 0 spiro atoms. The summed E-state index contributed by atoms with van der Waals surface area (Å²) in [5.41, 5.74) is 2.36. The van der Waals surface area contributed by atoms with Crippen molar-refractivity contribution >= 4 is 17.6 Å². The first kappa shape index (κ1) is 19.7. The van der Waals surface area contributed by atoms with Crippen molar-refractivity contribution in [3.8, 4) is 17.0 Å². The Hall–Kier alpha value is -3.65. The lowest BCUT2D eigenvalue weighted by molar-refractivity contribution is -0.160. The van der Waals surface area contributed by atoms with Crippen molar-refractivity contribution in [2.75, 3.05) is 26.1 Å². The van der Waals surface area contributed by atoms with Gasteiger partial charge in [-0.15, -0.1) is 0 Å². The van der Waals surface area contributed by atoms with Crippen molar-refractivity contribution in [3.63, 3.8) is 0 Å². The van der Waals surface area contributed by atoms with Gasteiger partial charge < -0.3 is 19.7 Å². The number of hydrogen-bond donors (Lipinski definition) is 2. The Morgan fingerprint density at radius 2 is 1.93 bits per heavy atom. The summed E-state index contributed by atoms with van der Waals surface area (Å²) in [6.07, 6.45) is -0.860. The fourth-order valence-corrected chi connectivity index (χ4v) is 3.57. The second kappa shape index (κ2) is 8.38. The first-order valence-electron chi connectivity index (χ1n) is 9.50. The molecule has 2 N–H and O–H groups in total. The SMILES string of the molecule is COc1ccccc1-c1cc(NC(=O)C2OCC(=O)N(C)C2c2ccccc2)n[nH]1. The van der Waals surface area contributed by atoms with Crippen LogP contribution in [0.4, 0.5) is 5.82 Å². The maximum absolute atomic E-state index is 13.0. The van der Waals surface area contributed by atoms with Gasteiger partial charge >= 0.3 is 0 Å². The molecular formula is C22H22N4O4. The van der Waals surface area contributed by atoms with Crippen LogP contribution in [0, 0.1) is 0 Å². The molecular weight excluding hydrogens is 384 g/mol. The summed E-state index contributed by atoms with van der Waals surface area (Å²) in [7, 11) is 3.27. The van der Waals surface area contributed by atoms with Crippen molar-refractivity contribution in [1.82, 2.24) is 15.1 Å². The number of aromatic nitrogens is 2. The number of carbonyl (C=O) groups excluding carboxylic acids is 2. The van der Waals surface area contributed by atoms with Gasteiger partial charge in [0.05, 0.1) is 18.8 Å². The number of para-hydroxylation sites is 1. The molecule has 8 nitrogen and oxygen atoms in total. The minimum Gasteiger partial charge on any atom is -0.496 e. The normalized spacial score (nSPS) is 18.9. The number of hydrogen-bond acceptors (Lipinski definition) is 5. The molecule has 0 radical (unpaired) electrons. The number of likely N-dealkylation sites (N-methyl/N-ethyl adjacent to an activating group) is 1. The summed E-state index contributed by atoms with van der Waals surface area (Å²) < 4.78 is 11.0. The fraction of sp³-hybridized carbons (Fsp3) is 0.227. The zero-order valence-corrected chi connectivity index (χ0v) is 16.7. The third kappa shape index (κ3) is 3.77. The Labute approximate surface area is 173 Å². The fourth-order valence-electron chi connectivity index (χ4n) is 3.57. The number of carbonyl (C=O) groups is 2. The monoisotopic (exact) mass is 406 g/mol. The Kier molecular flexibility index (Phi) is 5.49. The minimum atomic E-state index is -0.860. The third-order valence-corrected chi connectivity index (χ3v) is 5.11. The van der Waals surface area contributed by atoms with E-state index in [1.807, 2.05) is 54.6 Å². The van der Waals surface area contributed by atoms with Crippen LogP contribution in [0.1, 0.15) is 11.6 Å². The molecule has 4 rings (SSSR count). The van der Waals surface area contributed by atoms with Crippen LogP contribution in [0.3, 0.4) is 0 Å². The maximum Gasteiger partial charge on any atom is 0.257 e. The first-order valence-corrected chi connectivity index (χ1v) is 9.50. The number of morpholine rings is 1. The summed E-state index contributed by atoms with van der Waals surface area (Å²) in [4.78, 5) is 26.7. The molecule has 2 aromatic carbocycles. The molecule has 2 amide bonds. The number of H-pyrrole nitrogens is 1. The first-order chi connectivity index (χ1) is 14.6. The molecule has 1 aliphatic heterocycles. The number of rotatable bonds is 5. The van der Waals surface area contributed by atoms with Crippen molar-refractivity contribution in [1.29, 1.82) is 0 Å². The lowest BCUT2D eigenvalue weighted by Crippen LogP contribution is -2.51. The molecule has 2 heterocycles. The molecule has 30 heavy (non-hydrogen) atoms. The molecule has 1 aromatic heterocycles. The van der Waals surface area contributed by atoms with E-state index in [9.17, 15) is 9.59 Å². The van der Waals surface area contributed by atoms with Crippen LogP contribution < -0.4 is 10.1 Å². The predicted molar refractivity (Wildman–Crippen MR) is 111 cm³/mol. The highest BCUT2D eigenvalue weighted by atomic mass is 16.5. The molecule has 1 saturated heterocycles. The summed E-state index contributed by atoms with van der Waals surface area (Å²) in [5, 5.41) is 9.89. The van der Waals surface area contributed by atoms with E-state index in [-0.39, 0.29) is 18.4 Å². The van der Waals surface area contributed by atoms with E-state index >= 15 is 0 Å². The molecule has 2 atom stereocenters. The highest BCUT2D eigenvalue weighted by Crippen LogP contribution is 2.31. The van der Waals surface area contributed by atoms with E-state index in [0.29, 0.717) is 17.3 Å². The Balaban J connectivity index is 1.56. The van der Waals surface area contributed by atoms with Crippen LogP contribution in [0.25, 0.3) is 11.3 Å². The Bertz CT molecular complexity index is 1050. The molecule has 3 aromatic rings. The standard InChI is InChI=1S/C22H22N4O4/c1-26-19(27)13-30-21(20(26)14-8-4-3-5-9-14)22(28)23-18-12-16(24-25-18)15-10-6-7-11-17(15)29-2/h3-12,20-21H,13H2,1-2H3,(H2,23,24,25,28). The van der Waals surface area contributed by atoms with Gasteiger partial charge in [0, 0.05) is 18.7 Å². The highest BCUT2D eigenvalue weighted by Gasteiger charge is 2.40. The van der Waals surface area contributed by atoms with E-state index < -0.39 is 12.1 Å². The van der Waals surface area contributed by atoms with Crippen LogP contribution in [0.15, 0.2) is 60.7 Å². The summed E-state index contributed by atoms with van der Waals surface area (Å²) >= 11 is 0. The van der Waals surface area contributed by atoms with E-state index in [2.05, 4.69) is 15.5 Å². The zero-order chi connectivity index (χ0) is 21.1. The number of ether oxygens (including phenoxy) is 2. The Morgan fingerprint density at radius 1 is 1.20 bits per heavy atom. The zero-order valence-electron chi connectivity index (χ0n) is 16.7. The average molecular weight is 406 g/mol. The van der Waals surface area contributed by atoms with Crippen molar-refractivity contribution < 1.29 is 19.1 Å². The van der Waals surface area contributed by atoms with Crippen molar-refractivity contribution in [3.05, 3.63) is 66.2 Å². The average Bonchev–Trinajstić information content (AvgIpc) is 3.24. The lowest BCUT2D eigenvalue weighted by atomic mass is 9.97. The van der Waals surface area contributed by atoms with Gasteiger partial charge in [0.2, 0.25) is 5.91 Å². The number of amides is 2. The van der Waals surface area contributed by atoms with Crippen LogP contribution in [-0.4, -0.2) is 53.8 Å². The van der Waals surface area contributed by atoms with Gasteiger partial charge in [-0.1, -0.05) is 42.5 Å². The van der Waals surface area contributed by atoms with Gasteiger partial charge in [0.25, 0.3) is 5.91 Å². The van der Waals surface area contributed by atoms with E-state index in [0.717, 1.165) is 11.1 Å². The molecule has 8 heteroatoms. The molecule has 1 aliphatic rings. The smallest absolute Gasteiger partial charge is 0.257 e. The topological polar surface area (TPSA) is 96.5 Å². The van der Waals surface area contributed by atoms with Crippen LogP contribution >= 0.6 is 0 Å². The van der Waals surface area contributed by atoms with Crippen LogP contribution in [0.2, 0.25) is 0 Å². The lowest BCUT2D eigenvalue weighted by Gasteiger charge is -2.38. The van der Waals surface area contributed by atoms with Crippen LogP contribution in [-0.2, 0) is 14.3 Å². The van der Waals surface area contributed by atoms with Crippen molar-refractivity contribution in [2.45, 2.75) is 12.1 Å². The highest BCUT2D eigenvalue weighted by molar-refractivity contribution is 5.96. The molecule has 2 unspecified atom stereocenters. The molecule has 0 aliphatic carbocycles. The number of benzene rings is 2. The van der Waals surface area contributed by atoms with Crippen LogP contribution in [0.5, 0.6) is 5.75 Å². The van der Waals surface area contributed by atoms with E-state index in [1.165, 1.54) is 0 Å². The van der Waals surface area contributed by atoms with Gasteiger partial charge in [-0.25, -0.2) is 0 Å². The molecule has 0 saturated carbocycles. The van der Waals surface area contributed by atoms with Crippen molar-refractivity contribution in [2.24, 2.45) is 0 Å². The molecule has 154 valence electrons. The second-order valence-corrected chi connectivity index (χ2v) is 6.95. The van der Waals surface area contributed by atoms with Gasteiger partial charge in [-0.3, -0.25) is 14.7 Å². The Morgan fingerprint density at radius 3 is 2.70 bits per heavy atom. The van der Waals surface area contributed by atoms with Gasteiger partial charge in [-0.2, -0.15) is 5.10 Å². The largest absolute Gasteiger partial charge is 0.496 e. The van der Waals surface area contributed by atoms with Gasteiger partial charge in [0.1, 0.15) is 12.4 Å². The number of aromatic amines is 1. The van der Waals surface area contributed by atoms with Gasteiger partial charge in [0.15, 0.2) is 11.9 Å². The van der Waals surface area contributed by atoms with E-state index in [4.69, 9.17) is 9.47 Å². The summed E-state index contributed by atoms with van der Waals surface area (Å²) in [6, 6.07) is 18.1. The predicted octanol–water partition coefficient (Wildman–Crippen LogP) is 2.62. The maximum atomic E-state index is 13.0. The minimum absolute atomic E-state index is 0.148. The quantitative estimate of drug-likeness (QED) is 0.679. The summed E-state index contributed by atoms with van der Waals surface area (Å²) in [6.45, 7) is -0.148.